The first-order valence-corrected chi connectivity index (χ1v) is 8.54. The topological polar surface area (TPSA) is 31.4 Å². The second kappa shape index (κ2) is 8.61. The van der Waals surface area contributed by atoms with E-state index >= 15 is 0 Å². The SMILES string of the molecule is C=Cc1cc(OCC(F)(F)F)ccc1-c1ccc(OCc2ccccc2)nc1. The van der Waals surface area contributed by atoms with Gasteiger partial charge in [0.25, 0.3) is 0 Å². The van der Waals surface area contributed by atoms with Gasteiger partial charge in [-0.1, -0.05) is 49.1 Å². The zero-order valence-corrected chi connectivity index (χ0v) is 14.9. The van der Waals surface area contributed by atoms with E-state index in [0.29, 0.717) is 18.1 Å². The van der Waals surface area contributed by atoms with Gasteiger partial charge in [0, 0.05) is 17.8 Å². The number of hydrogen-bond acceptors (Lipinski definition) is 3. The quantitative estimate of drug-likeness (QED) is 0.507. The molecule has 144 valence electrons. The predicted octanol–water partition coefficient (Wildman–Crippen LogP) is 5.91. The van der Waals surface area contributed by atoms with Crippen LogP contribution in [-0.2, 0) is 6.61 Å². The average Bonchev–Trinajstić information content (AvgIpc) is 2.71. The Morgan fingerprint density at radius 3 is 2.39 bits per heavy atom. The van der Waals surface area contributed by atoms with Crippen molar-refractivity contribution in [2.75, 3.05) is 6.61 Å². The highest BCUT2D eigenvalue weighted by atomic mass is 19.4. The molecule has 2 aromatic carbocycles. The van der Waals surface area contributed by atoms with Crippen LogP contribution < -0.4 is 9.47 Å². The third-order valence-corrected chi connectivity index (χ3v) is 3.92. The fraction of sp³-hybridized carbons (Fsp3) is 0.136. The molecule has 0 unspecified atom stereocenters. The molecule has 3 nitrogen and oxygen atoms in total. The summed E-state index contributed by atoms with van der Waals surface area (Å²) in [6, 6.07) is 18.0. The first-order chi connectivity index (χ1) is 13.4. The number of rotatable bonds is 7. The molecule has 0 saturated carbocycles. The summed E-state index contributed by atoms with van der Waals surface area (Å²) in [4.78, 5) is 4.30. The Morgan fingerprint density at radius 2 is 1.75 bits per heavy atom. The Hall–Kier alpha value is -3.28. The van der Waals surface area contributed by atoms with E-state index in [1.807, 2.05) is 36.4 Å². The van der Waals surface area contributed by atoms with E-state index in [1.54, 1.807) is 24.4 Å². The van der Waals surface area contributed by atoms with Gasteiger partial charge in [-0.2, -0.15) is 13.2 Å². The first kappa shape index (κ1) is 19.5. The van der Waals surface area contributed by atoms with Crippen molar-refractivity contribution in [1.29, 1.82) is 0 Å². The minimum atomic E-state index is -4.38. The third-order valence-electron chi connectivity index (χ3n) is 3.92. The number of aromatic nitrogens is 1. The number of ether oxygens (including phenoxy) is 2. The van der Waals surface area contributed by atoms with Crippen molar-refractivity contribution in [2.45, 2.75) is 12.8 Å². The maximum atomic E-state index is 12.3. The monoisotopic (exact) mass is 385 g/mol. The number of benzene rings is 2. The molecule has 0 spiro atoms. The Balaban J connectivity index is 1.71. The summed E-state index contributed by atoms with van der Waals surface area (Å²) in [5, 5.41) is 0. The van der Waals surface area contributed by atoms with Crippen LogP contribution in [0.4, 0.5) is 13.2 Å². The number of alkyl halides is 3. The Kier molecular flexibility index (Phi) is 5.99. The van der Waals surface area contributed by atoms with Gasteiger partial charge in [-0.25, -0.2) is 4.98 Å². The zero-order valence-electron chi connectivity index (χ0n) is 14.9. The Morgan fingerprint density at radius 1 is 0.964 bits per heavy atom. The summed E-state index contributed by atoms with van der Waals surface area (Å²) in [5.41, 5.74) is 3.27. The van der Waals surface area contributed by atoms with Crippen LogP contribution in [0.2, 0.25) is 0 Å². The summed E-state index contributed by atoms with van der Waals surface area (Å²) in [7, 11) is 0. The molecular formula is C22H18F3NO2. The van der Waals surface area contributed by atoms with Crippen LogP contribution >= 0.6 is 0 Å². The third kappa shape index (κ3) is 5.36. The molecular weight excluding hydrogens is 367 g/mol. The molecule has 3 rings (SSSR count). The van der Waals surface area contributed by atoms with Gasteiger partial charge in [-0.05, 0) is 34.9 Å². The van der Waals surface area contributed by atoms with E-state index in [2.05, 4.69) is 11.6 Å². The molecule has 1 aromatic heterocycles. The van der Waals surface area contributed by atoms with Gasteiger partial charge < -0.3 is 9.47 Å². The molecule has 0 N–H and O–H groups in total. The van der Waals surface area contributed by atoms with Crippen molar-refractivity contribution in [3.8, 4) is 22.8 Å². The molecule has 0 atom stereocenters. The largest absolute Gasteiger partial charge is 0.484 e. The zero-order chi connectivity index (χ0) is 20.0. The lowest BCUT2D eigenvalue weighted by Gasteiger charge is -2.12. The van der Waals surface area contributed by atoms with Crippen LogP contribution in [0.15, 0.2) is 73.4 Å². The van der Waals surface area contributed by atoms with Crippen LogP contribution in [0.1, 0.15) is 11.1 Å². The second-order valence-corrected chi connectivity index (χ2v) is 6.02. The maximum absolute atomic E-state index is 12.3. The number of nitrogens with zero attached hydrogens (tertiary/aromatic N) is 1. The Labute approximate surface area is 161 Å². The molecule has 1 heterocycles. The van der Waals surface area contributed by atoms with E-state index < -0.39 is 12.8 Å². The van der Waals surface area contributed by atoms with E-state index in [-0.39, 0.29) is 5.75 Å². The van der Waals surface area contributed by atoms with Crippen molar-refractivity contribution in [2.24, 2.45) is 0 Å². The summed E-state index contributed by atoms with van der Waals surface area (Å²) >= 11 is 0. The van der Waals surface area contributed by atoms with Crippen LogP contribution in [0.3, 0.4) is 0 Å². The van der Waals surface area contributed by atoms with Crippen molar-refractivity contribution < 1.29 is 22.6 Å². The fourth-order valence-electron chi connectivity index (χ4n) is 2.58. The normalized spacial score (nSPS) is 11.1. The molecule has 0 aliphatic heterocycles. The smallest absolute Gasteiger partial charge is 0.422 e. The van der Waals surface area contributed by atoms with Gasteiger partial charge >= 0.3 is 6.18 Å². The standard InChI is InChI=1S/C22H18F3NO2/c1-2-17-12-19(28-15-22(23,24)25)9-10-20(17)18-8-11-21(26-13-18)27-14-16-6-4-3-5-7-16/h2-13H,1,14-15H2. The average molecular weight is 385 g/mol. The first-order valence-electron chi connectivity index (χ1n) is 8.54. The number of halogens is 3. The Bertz CT molecular complexity index is 923. The van der Waals surface area contributed by atoms with Crippen LogP contribution in [-0.4, -0.2) is 17.8 Å². The van der Waals surface area contributed by atoms with Gasteiger partial charge in [0.05, 0.1) is 0 Å². The van der Waals surface area contributed by atoms with Crippen molar-refractivity contribution >= 4 is 6.08 Å². The van der Waals surface area contributed by atoms with E-state index in [4.69, 9.17) is 9.47 Å². The number of hydrogen-bond donors (Lipinski definition) is 0. The van der Waals surface area contributed by atoms with E-state index in [1.165, 1.54) is 12.1 Å². The minimum absolute atomic E-state index is 0.131. The molecule has 0 aliphatic rings. The number of pyridine rings is 1. The lowest BCUT2D eigenvalue weighted by atomic mass is 10.0. The van der Waals surface area contributed by atoms with Gasteiger partial charge in [-0.15, -0.1) is 0 Å². The molecule has 0 bridgehead atoms. The van der Waals surface area contributed by atoms with Crippen LogP contribution in [0.25, 0.3) is 17.2 Å². The molecule has 0 radical (unpaired) electrons. The van der Waals surface area contributed by atoms with Gasteiger partial charge in [0.1, 0.15) is 12.4 Å². The van der Waals surface area contributed by atoms with E-state index in [9.17, 15) is 13.2 Å². The minimum Gasteiger partial charge on any atom is -0.484 e. The highest BCUT2D eigenvalue weighted by Crippen LogP contribution is 2.29. The summed E-state index contributed by atoms with van der Waals surface area (Å²) < 4.78 is 47.4. The van der Waals surface area contributed by atoms with Gasteiger partial charge in [-0.3, -0.25) is 0 Å². The van der Waals surface area contributed by atoms with Gasteiger partial charge in [0.2, 0.25) is 5.88 Å². The molecule has 0 amide bonds. The highest BCUT2D eigenvalue weighted by molar-refractivity contribution is 5.75. The highest BCUT2D eigenvalue weighted by Gasteiger charge is 2.28. The molecule has 0 aliphatic carbocycles. The lowest BCUT2D eigenvalue weighted by Crippen LogP contribution is -2.19. The predicted molar refractivity (Wildman–Crippen MR) is 102 cm³/mol. The molecule has 3 aromatic rings. The van der Waals surface area contributed by atoms with Gasteiger partial charge in [0.15, 0.2) is 6.61 Å². The van der Waals surface area contributed by atoms with Crippen LogP contribution in [0, 0.1) is 0 Å². The van der Waals surface area contributed by atoms with Crippen molar-refractivity contribution in [1.82, 2.24) is 4.98 Å². The maximum Gasteiger partial charge on any atom is 0.422 e. The van der Waals surface area contributed by atoms with Crippen molar-refractivity contribution in [3.05, 3.63) is 84.6 Å². The lowest BCUT2D eigenvalue weighted by molar-refractivity contribution is -0.153. The molecule has 28 heavy (non-hydrogen) atoms. The van der Waals surface area contributed by atoms with E-state index in [0.717, 1.165) is 16.7 Å². The molecule has 0 fully saturated rings. The van der Waals surface area contributed by atoms with Crippen LogP contribution in [0.5, 0.6) is 11.6 Å². The van der Waals surface area contributed by atoms with Crippen molar-refractivity contribution in [3.63, 3.8) is 0 Å². The summed E-state index contributed by atoms with van der Waals surface area (Å²) in [6.07, 6.45) is -1.17. The summed E-state index contributed by atoms with van der Waals surface area (Å²) in [5.74, 6) is 0.615. The second-order valence-electron chi connectivity index (χ2n) is 6.02. The molecule has 0 saturated heterocycles. The summed E-state index contributed by atoms with van der Waals surface area (Å²) in [6.45, 7) is 2.80. The fourth-order valence-corrected chi connectivity index (χ4v) is 2.58. The molecule has 6 heteroatoms.